The van der Waals surface area contributed by atoms with Crippen LogP contribution < -0.4 is 11.1 Å². The van der Waals surface area contributed by atoms with Gasteiger partial charge in [0.25, 0.3) is 5.91 Å². The summed E-state index contributed by atoms with van der Waals surface area (Å²) in [5, 5.41) is 2.80. The molecule has 3 rings (SSSR count). The Labute approximate surface area is 139 Å². The van der Waals surface area contributed by atoms with Crippen LogP contribution in [-0.2, 0) is 9.53 Å². The van der Waals surface area contributed by atoms with Gasteiger partial charge in [-0.2, -0.15) is 0 Å². The van der Waals surface area contributed by atoms with Crippen LogP contribution in [-0.4, -0.2) is 23.5 Å². The van der Waals surface area contributed by atoms with Crippen molar-refractivity contribution in [2.24, 2.45) is 0 Å². The molecule has 0 fully saturated rings. The minimum absolute atomic E-state index is 0.195. The van der Waals surface area contributed by atoms with Gasteiger partial charge in [0.1, 0.15) is 0 Å². The van der Waals surface area contributed by atoms with Gasteiger partial charge in [-0.05, 0) is 44.5 Å². The van der Waals surface area contributed by atoms with Crippen LogP contribution in [0, 0.1) is 13.8 Å². The number of anilines is 2. The molecule has 2 aromatic rings. The zero-order chi connectivity index (χ0) is 17.4. The Bertz CT molecular complexity index is 878. The van der Waals surface area contributed by atoms with Gasteiger partial charge in [0.05, 0.1) is 23.4 Å². The third-order valence-electron chi connectivity index (χ3n) is 4.07. The molecular formula is C18H19N3O3. The number of aryl methyl sites for hydroxylation is 1. The molecule has 0 aliphatic carbocycles. The summed E-state index contributed by atoms with van der Waals surface area (Å²) in [5.74, 6) is -0.558. The average molecular weight is 325 g/mol. The van der Waals surface area contributed by atoms with E-state index in [1.165, 1.54) is 0 Å². The van der Waals surface area contributed by atoms with Crippen molar-refractivity contribution in [1.29, 1.82) is 0 Å². The molecule has 1 amide bonds. The summed E-state index contributed by atoms with van der Waals surface area (Å²) in [4.78, 5) is 27.5. The van der Waals surface area contributed by atoms with Gasteiger partial charge in [0.2, 0.25) is 0 Å². The zero-order valence-electron chi connectivity index (χ0n) is 13.8. The van der Waals surface area contributed by atoms with E-state index in [-0.39, 0.29) is 11.9 Å². The standard InChI is InChI=1S/C18H19N3O3/c1-4-24-18(23)16-9(2)14(20-10(16)3)8-13-12-6-5-11(19)7-15(12)21-17(13)22/h5-8,20H,4,19H2,1-3H3,(H,21,22)/b13-8-. The maximum atomic E-state index is 12.3. The number of fused-ring (bicyclic) bond motifs is 1. The van der Waals surface area contributed by atoms with E-state index in [2.05, 4.69) is 10.3 Å². The van der Waals surface area contributed by atoms with E-state index in [0.29, 0.717) is 40.5 Å². The summed E-state index contributed by atoms with van der Waals surface area (Å²) in [6, 6.07) is 5.29. The number of aromatic nitrogens is 1. The number of nitrogens with one attached hydrogen (secondary N) is 2. The predicted molar refractivity (Wildman–Crippen MR) is 93.6 cm³/mol. The lowest BCUT2D eigenvalue weighted by Gasteiger charge is -2.02. The average Bonchev–Trinajstić information content (AvgIpc) is 2.96. The number of benzene rings is 1. The lowest BCUT2D eigenvalue weighted by Crippen LogP contribution is -2.06. The van der Waals surface area contributed by atoms with Crippen LogP contribution in [0.25, 0.3) is 11.6 Å². The fraction of sp³-hybridized carbons (Fsp3) is 0.222. The lowest BCUT2D eigenvalue weighted by molar-refractivity contribution is -0.110. The van der Waals surface area contributed by atoms with Gasteiger partial charge in [0, 0.05) is 22.6 Å². The molecule has 0 radical (unpaired) electrons. The van der Waals surface area contributed by atoms with E-state index in [0.717, 1.165) is 11.1 Å². The second-order valence-corrected chi connectivity index (χ2v) is 5.70. The maximum absolute atomic E-state index is 12.3. The third-order valence-corrected chi connectivity index (χ3v) is 4.07. The Kier molecular flexibility index (Phi) is 3.89. The number of carbonyl (C=O) groups excluding carboxylic acids is 2. The van der Waals surface area contributed by atoms with Crippen molar-refractivity contribution in [1.82, 2.24) is 4.98 Å². The van der Waals surface area contributed by atoms with E-state index in [9.17, 15) is 9.59 Å². The minimum atomic E-state index is -0.363. The number of carbonyl (C=O) groups is 2. The summed E-state index contributed by atoms with van der Waals surface area (Å²) in [7, 11) is 0. The predicted octanol–water partition coefficient (Wildman–Crippen LogP) is 2.88. The maximum Gasteiger partial charge on any atom is 0.340 e. The highest BCUT2D eigenvalue weighted by Gasteiger charge is 2.25. The fourth-order valence-corrected chi connectivity index (χ4v) is 2.93. The van der Waals surface area contributed by atoms with Gasteiger partial charge in [-0.15, -0.1) is 0 Å². The highest BCUT2D eigenvalue weighted by Crippen LogP contribution is 2.35. The molecule has 0 bridgehead atoms. The van der Waals surface area contributed by atoms with Gasteiger partial charge >= 0.3 is 5.97 Å². The Balaban J connectivity index is 2.06. The second kappa shape index (κ2) is 5.88. The summed E-state index contributed by atoms with van der Waals surface area (Å²) in [6.07, 6.45) is 1.75. The molecule has 0 spiro atoms. The van der Waals surface area contributed by atoms with E-state index < -0.39 is 0 Å². The number of hydrogen-bond acceptors (Lipinski definition) is 4. The normalized spacial score (nSPS) is 14.6. The van der Waals surface area contributed by atoms with E-state index in [1.807, 2.05) is 19.9 Å². The number of H-pyrrole nitrogens is 1. The van der Waals surface area contributed by atoms with E-state index in [1.54, 1.807) is 25.1 Å². The molecule has 1 aliphatic rings. The lowest BCUT2D eigenvalue weighted by atomic mass is 10.0. The largest absolute Gasteiger partial charge is 0.462 e. The first-order valence-corrected chi connectivity index (χ1v) is 7.71. The molecule has 6 nitrogen and oxygen atoms in total. The number of rotatable bonds is 3. The number of amides is 1. The Morgan fingerprint density at radius 1 is 1.33 bits per heavy atom. The Hall–Kier alpha value is -3.02. The van der Waals surface area contributed by atoms with Gasteiger partial charge in [-0.1, -0.05) is 6.07 Å². The first-order valence-electron chi connectivity index (χ1n) is 7.71. The van der Waals surface area contributed by atoms with Crippen LogP contribution in [0.4, 0.5) is 11.4 Å². The van der Waals surface area contributed by atoms with Gasteiger partial charge in [-0.3, -0.25) is 4.79 Å². The first kappa shape index (κ1) is 15.9. The van der Waals surface area contributed by atoms with Crippen molar-refractivity contribution in [3.05, 3.63) is 46.3 Å². The molecule has 6 heteroatoms. The molecule has 1 aromatic carbocycles. The molecular weight excluding hydrogens is 306 g/mol. The molecule has 24 heavy (non-hydrogen) atoms. The topological polar surface area (TPSA) is 97.2 Å². The van der Waals surface area contributed by atoms with Gasteiger partial charge < -0.3 is 20.8 Å². The molecule has 1 aliphatic heterocycles. The fourth-order valence-electron chi connectivity index (χ4n) is 2.93. The quantitative estimate of drug-likeness (QED) is 0.459. The molecule has 0 saturated carbocycles. The number of nitrogen functional groups attached to an aromatic ring is 1. The highest BCUT2D eigenvalue weighted by atomic mass is 16.5. The number of esters is 1. The van der Waals surface area contributed by atoms with Crippen LogP contribution in [0.2, 0.25) is 0 Å². The Morgan fingerprint density at radius 2 is 2.08 bits per heavy atom. The summed E-state index contributed by atoms with van der Waals surface area (Å²) in [6.45, 7) is 5.73. The number of nitrogens with two attached hydrogens (primary N) is 1. The van der Waals surface area contributed by atoms with Gasteiger partial charge in [0.15, 0.2) is 0 Å². The summed E-state index contributed by atoms with van der Waals surface area (Å²) >= 11 is 0. The van der Waals surface area contributed by atoms with Crippen LogP contribution in [0.3, 0.4) is 0 Å². The zero-order valence-corrected chi connectivity index (χ0v) is 13.8. The smallest absolute Gasteiger partial charge is 0.340 e. The van der Waals surface area contributed by atoms with Crippen LogP contribution >= 0.6 is 0 Å². The van der Waals surface area contributed by atoms with Crippen molar-refractivity contribution < 1.29 is 14.3 Å². The van der Waals surface area contributed by atoms with Crippen molar-refractivity contribution in [2.75, 3.05) is 17.7 Å². The molecule has 0 atom stereocenters. The molecule has 0 saturated heterocycles. The molecule has 1 aromatic heterocycles. The van der Waals surface area contributed by atoms with Crippen molar-refractivity contribution in [2.45, 2.75) is 20.8 Å². The number of hydrogen-bond donors (Lipinski definition) is 3. The summed E-state index contributed by atoms with van der Waals surface area (Å²) in [5.41, 5.74) is 11.1. The minimum Gasteiger partial charge on any atom is -0.462 e. The Morgan fingerprint density at radius 3 is 2.79 bits per heavy atom. The molecule has 124 valence electrons. The third kappa shape index (κ3) is 2.56. The SMILES string of the molecule is CCOC(=O)c1c(C)[nH]c(/C=C2\C(=O)Nc3cc(N)ccc32)c1C. The van der Waals surface area contributed by atoms with Crippen molar-refractivity contribution >= 4 is 34.9 Å². The number of ether oxygens (including phenoxy) is 1. The molecule has 2 heterocycles. The van der Waals surface area contributed by atoms with Gasteiger partial charge in [-0.25, -0.2) is 4.79 Å². The first-order chi connectivity index (χ1) is 11.4. The van der Waals surface area contributed by atoms with Crippen LogP contribution in [0.15, 0.2) is 18.2 Å². The molecule has 4 N–H and O–H groups in total. The van der Waals surface area contributed by atoms with Crippen LogP contribution in [0.5, 0.6) is 0 Å². The van der Waals surface area contributed by atoms with Crippen molar-refractivity contribution in [3.8, 4) is 0 Å². The highest BCUT2D eigenvalue weighted by molar-refractivity contribution is 6.35. The van der Waals surface area contributed by atoms with E-state index in [4.69, 9.17) is 10.5 Å². The second-order valence-electron chi connectivity index (χ2n) is 5.70. The summed E-state index contributed by atoms with van der Waals surface area (Å²) < 4.78 is 5.09. The van der Waals surface area contributed by atoms with Crippen LogP contribution in [0.1, 0.15) is 39.8 Å². The molecule has 0 unspecified atom stereocenters. The van der Waals surface area contributed by atoms with E-state index >= 15 is 0 Å². The number of aromatic amines is 1. The monoisotopic (exact) mass is 325 g/mol. The van der Waals surface area contributed by atoms with Crippen molar-refractivity contribution in [3.63, 3.8) is 0 Å².